The summed E-state index contributed by atoms with van der Waals surface area (Å²) >= 11 is 0. The highest BCUT2D eigenvalue weighted by atomic mass is 19.1. The van der Waals surface area contributed by atoms with Crippen LogP contribution in [-0.2, 0) is 4.79 Å². The van der Waals surface area contributed by atoms with Gasteiger partial charge in [0.05, 0.1) is 11.1 Å². The Bertz CT molecular complexity index is 1590. The summed E-state index contributed by atoms with van der Waals surface area (Å²) in [7, 11) is 1.42. The number of halogens is 2. The van der Waals surface area contributed by atoms with E-state index < -0.39 is 23.4 Å². The van der Waals surface area contributed by atoms with Crippen LogP contribution in [0.25, 0.3) is 33.3 Å². The lowest BCUT2D eigenvalue weighted by molar-refractivity contribution is -0.118. The molecule has 5 aromatic rings. The lowest BCUT2D eigenvalue weighted by Crippen LogP contribution is -2.32. The first-order valence-electron chi connectivity index (χ1n) is 11.2. The Kier molecular flexibility index (Phi) is 6.12. The van der Waals surface area contributed by atoms with Gasteiger partial charge in [-0.3, -0.25) is 14.6 Å². The van der Waals surface area contributed by atoms with Gasteiger partial charge in [-0.05, 0) is 35.7 Å². The van der Waals surface area contributed by atoms with Crippen molar-refractivity contribution in [2.75, 3.05) is 18.5 Å². The Balaban J connectivity index is 1.29. The molecule has 0 aliphatic carbocycles. The first kappa shape index (κ1) is 23.1. The van der Waals surface area contributed by atoms with Gasteiger partial charge in [-0.1, -0.05) is 30.3 Å². The lowest BCUT2D eigenvalue weighted by atomic mass is 10.1. The fourth-order valence-corrected chi connectivity index (χ4v) is 3.97. The molecular weight excluding hydrogens is 464 g/mol. The highest BCUT2D eigenvalue weighted by Crippen LogP contribution is 2.24. The quantitative estimate of drug-likeness (QED) is 0.360. The number of nitrogens with one attached hydrogen (secondary N) is 2. The van der Waals surface area contributed by atoms with Crippen molar-refractivity contribution < 1.29 is 18.4 Å². The molecule has 180 valence electrons. The van der Waals surface area contributed by atoms with Gasteiger partial charge in [-0.2, -0.15) is 0 Å². The fourth-order valence-electron chi connectivity index (χ4n) is 3.97. The maximum absolute atomic E-state index is 13.5. The van der Waals surface area contributed by atoms with Crippen LogP contribution < -0.4 is 10.2 Å². The molecule has 3 aromatic carbocycles. The Labute approximate surface area is 204 Å². The number of fused-ring (bicyclic) bond motifs is 2. The van der Waals surface area contributed by atoms with Crippen LogP contribution in [0.15, 0.2) is 72.9 Å². The van der Waals surface area contributed by atoms with Crippen LogP contribution in [0.2, 0.25) is 0 Å². The van der Waals surface area contributed by atoms with Gasteiger partial charge in [-0.15, -0.1) is 0 Å². The minimum absolute atomic E-state index is 0.0414. The molecule has 0 aliphatic heterocycles. The summed E-state index contributed by atoms with van der Waals surface area (Å²) in [5.74, 6) is -1.80. The Morgan fingerprint density at radius 1 is 0.972 bits per heavy atom. The first-order valence-corrected chi connectivity index (χ1v) is 11.2. The van der Waals surface area contributed by atoms with E-state index in [1.54, 1.807) is 18.3 Å². The molecule has 0 radical (unpaired) electrons. The molecule has 0 unspecified atom stereocenters. The van der Waals surface area contributed by atoms with E-state index in [4.69, 9.17) is 0 Å². The number of hydrogen-bond acceptors (Lipinski definition) is 4. The summed E-state index contributed by atoms with van der Waals surface area (Å²) in [6.45, 7) is 0.0414. The van der Waals surface area contributed by atoms with Crippen molar-refractivity contribution in [1.29, 1.82) is 0 Å². The average molecular weight is 485 g/mol. The van der Waals surface area contributed by atoms with Gasteiger partial charge in [0.25, 0.3) is 5.91 Å². The zero-order chi connectivity index (χ0) is 25.2. The third-order valence-corrected chi connectivity index (χ3v) is 5.86. The predicted molar refractivity (Wildman–Crippen MR) is 134 cm³/mol. The molecule has 2 aromatic heterocycles. The number of carbonyl (C=O) groups is 2. The molecule has 0 atom stereocenters. The second-order valence-corrected chi connectivity index (χ2v) is 8.29. The molecular formula is C27H21F2N5O2. The summed E-state index contributed by atoms with van der Waals surface area (Å²) < 4.78 is 26.9. The van der Waals surface area contributed by atoms with Crippen LogP contribution in [0, 0.1) is 11.6 Å². The summed E-state index contributed by atoms with van der Waals surface area (Å²) in [6, 6.07) is 17.9. The van der Waals surface area contributed by atoms with E-state index in [2.05, 4.69) is 20.3 Å². The lowest BCUT2D eigenvalue weighted by Gasteiger charge is -2.17. The Hall–Kier alpha value is -4.66. The van der Waals surface area contributed by atoms with Gasteiger partial charge in [0.2, 0.25) is 5.91 Å². The predicted octanol–water partition coefficient (Wildman–Crippen LogP) is 4.84. The molecule has 0 spiro atoms. The SMILES string of the molecule is CN(C(=O)CCNC(=O)c1cccc2[nH]c(-c3cc4ccccc4cn3)nc12)c1cc(F)cc(F)c1. The number of H-pyrrole nitrogens is 1. The van der Waals surface area contributed by atoms with Crippen LogP contribution in [0.4, 0.5) is 14.5 Å². The van der Waals surface area contributed by atoms with Crippen molar-refractivity contribution >= 4 is 39.3 Å². The van der Waals surface area contributed by atoms with Crippen molar-refractivity contribution in [3.63, 3.8) is 0 Å². The maximum atomic E-state index is 13.5. The smallest absolute Gasteiger partial charge is 0.253 e. The number of para-hydroxylation sites is 1. The third kappa shape index (κ3) is 4.63. The molecule has 0 aliphatic rings. The summed E-state index contributed by atoms with van der Waals surface area (Å²) in [4.78, 5) is 38.8. The number of carbonyl (C=O) groups excluding carboxylic acids is 2. The molecule has 0 saturated carbocycles. The van der Waals surface area contributed by atoms with Gasteiger partial charge in [-0.25, -0.2) is 13.8 Å². The van der Waals surface area contributed by atoms with Crippen LogP contribution >= 0.6 is 0 Å². The number of imidazole rings is 1. The van der Waals surface area contributed by atoms with Crippen molar-refractivity contribution in [1.82, 2.24) is 20.3 Å². The van der Waals surface area contributed by atoms with Crippen LogP contribution in [0.1, 0.15) is 16.8 Å². The van der Waals surface area contributed by atoms with Gasteiger partial charge >= 0.3 is 0 Å². The Morgan fingerprint density at radius 3 is 2.50 bits per heavy atom. The van der Waals surface area contributed by atoms with Gasteiger partial charge in [0, 0.05) is 43.4 Å². The molecule has 9 heteroatoms. The highest BCUT2D eigenvalue weighted by Gasteiger charge is 2.17. The molecule has 0 saturated heterocycles. The van der Waals surface area contributed by atoms with Crippen molar-refractivity contribution in [2.24, 2.45) is 0 Å². The molecule has 2 heterocycles. The van der Waals surface area contributed by atoms with Crippen molar-refractivity contribution in [3.05, 3.63) is 90.1 Å². The zero-order valence-corrected chi connectivity index (χ0v) is 19.3. The summed E-state index contributed by atoms with van der Waals surface area (Å²) in [5.41, 5.74) is 2.26. The second-order valence-electron chi connectivity index (χ2n) is 8.29. The maximum Gasteiger partial charge on any atom is 0.253 e. The standard InChI is InChI=1S/C27H21F2N5O2/c1-34(20-13-18(28)12-19(29)14-20)24(35)9-10-30-27(36)21-7-4-8-22-25(21)33-26(32-22)23-11-16-5-2-3-6-17(16)15-31-23/h2-8,11-15H,9-10H2,1H3,(H,30,36)(H,32,33). The van der Waals surface area contributed by atoms with Crippen LogP contribution in [0.5, 0.6) is 0 Å². The normalized spacial score (nSPS) is 11.1. The Morgan fingerprint density at radius 2 is 1.72 bits per heavy atom. The van der Waals surface area contributed by atoms with E-state index in [9.17, 15) is 18.4 Å². The van der Waals surface area contributed by atoms with Gasteiger partial charge in [0.1, 0.15) is 22.8 Å². The number of amides is 2. The summed E-state index contributed by atoms with van der Waals surface area (Å²) in [5, 5.41) is 4.76. The number of anilines is 1. The van der Waals surface area contributed by atoms with E-state index in [1.165, 1.54) is 7.05 Å². The molecule has 0 fully saturated rings. The number of benzene rings is 3. The number of aromatic nitrogens is 3. The van der Waals surface area contributed by atoms with Crippen molar-refractivity contribution in [2.45, 2.75) is 6.42 Å². The van der Waals surface area contributed by atoms with Gasteiger partial charge in [0.15, 0.2) is 5.82 Å². The minimum Gasteiger partial charge on any atom is -0.351 e. The van der Waals surface area contributed by atoms with Crippen molar-refractivity contribution in [3.8, 4) is 11.5 Å². The summed E-state index contributed by atoms with van der Waals surface area (Å²) in [6.07, 6.45) is 1.72. The molecule has 5 rings (SSSR count). The fraction of sp³-hybridized carbons (Fsp3) is 0.111. The number of nitrogens with zero attached hydrogens (tertiary/aromatic N) is 3. The second kappa shape index (κ2) is 9.53. The van der Waals surface area contributed by atoms with E-state index >= 15 is 0 Å². The van der Waals surface area contributed by atoms with E-state index in [-0.39, 0.29) is 18.7 Å². The molecule has 36 heavy (non-hydrogen) atoms. The highest BCUT2D eigenvalue weighted by molar-refractivity contribution is 6.05. The third-order valence-electron chi connectivity index (χ3n) is 5.86. The largest absolute Gasteiger partial charge is 0.351 e. The molecule has 7 nitrogen and oxygen atoms in total. The minimum atomic E-state index is -0.775. The number of rotatable bonds is 6. The van der Waals surface area contributed by atoms with E-state index in [1.807, 2.05) is 36.4 Å². The van der Waals surface area contributed by atoms with Gasteiger partial charge < -0.3 is 15.2 Å². The molecule has 0 bridgehead atoms. The zero-order valence-electron chi connectivity index (χ0n) is 19.3. The first-order chi connectivity index (χ1) is 17.4. The molecule has 2 amide bonds. The number of aromatic amines is 1. The topological polar surface area (TPSA) is 91.0 Å². The van der Waals surface area contributed by atoms with E-state index in [0.29, 0.717) is 28.1 Å². The van der Waals surface area contributed by atoms with E-state index in [0.717, 1.165) is 33.9 Å². The molecule has 2 N–H and O–H groups in total. The number of pyridine rings is 1. The number of hydrogen-bond donors (Lipinski definition) is 2. The monoisotopic (exact) mass is 485 g/mol. The van der Waals surface area contributed by atoms with Crippen LogP contribution in [-0.4, -0.2) is 40.4 Å². The van der Waals surface area contributed by atoms with Crippen LogP contribution in [0.3, 0.4) is 0 Å². The average Bonchev–Trinajstić information content (AvgIpc) is 3.32.